The number of ether oxygens (including phenoxy) is 1. The molecule has 0 spiro atoms. The third-order valence-corrected chi connectivity index (χ3v) is 2.60. The van der Waals surface area contributed by atoms with Crippen molar-refractivity contribution < 1.29 is 4.74 Å². The zero-order chi connectivity index (χ0) is 12.4. The number of imidazole rings is 1. The van der Waals surface area contributed by atoms with E-state index in [1.807, 2.05) is 31.2 Å². The standard InChI is InChI=1S/C13H12N4O/c1-2-18-10-5-3-9(4-6-10)12-16-11-7-14-8-15-13(11)17-12/h3-8H,2H2,1H3,(H,14,15,16,17). The van der Waals surface area contributed by atoms with Gasteiger partial charge in [0.2, 0.25) is 0 Å². The lowest BCUT2D eigenvalue weighted by atomic mass is 10.2. The summed E-state index contributed by atoms with van der Waals surface area (Å²) < 4.78 is 5.40. The molecule has 0 aliphatic carbocycles. The van der Waals surface area contributed by atoms with E-state index in [1.54, 1.807) is 6.20 Å². The van der Waals surface area contributed by atoms with Gasteiger partial charge in [0.15, 0.2) is 5.65 Å². The van der Waals surface area contributed by atoms with E-state index in [9.17, 15) is 0 Å². The predicted molar refractivity (Wildman–Crippen MR) is 68.3 cm³/mol. The molecule has 2 heterocycles. The Morgan fingerprint density at radius 2 is 2.06 bits per heavy atom. The van der Waals surface area contributed by atoms with E-state index in [1.165, 1.54) is 6.33 Å². The first kappa shape index (κ1) is 10.7. The molecule has 0 aliphatic heterocycles. The normalized spacial score (nSPS) is 10.7. The van der Waals surface area contributed by atoms with Crippen LogP contribution in [0.2, 0.25) is 0 Å². The van der Waals surface area contributed by atoms with Crippen LogP contribution in [-0.2, 0) is 0 Å². The number of nitrogens with one attached hydrogen (secondary N) is 1. The maximum Gasteiger partial charge on any atom is 0.181 e. The molecule has 0 fully saturated rings. The highest BCUT2D eigenvalue weighted by Gasteiger charge is 2.05. The lowest BCUT2D eigenvalue weighted by molar-refractivity contribution is 0.340. The predicted octanol–water partition coefficient (Wildman–Crippen LogP) is 2.42. The smallest absolute Gasteiger partial charge is 0.181 e. The first-order valence-corrected chi connectivity index (χ1v) is 5.76. The Morgan fingerprint density at radius 1 is 1.22 bits per heavy atom. The van der Waals surface area contributed by atoms with Gasteiger partial charge in [0.1, 0.15) is 23.4 Å². The van der Waals surface area contributed by atoms with E-state index >= 15 is 0 Å². The van der Waals surface area contributed by atoms with Gasteiger partial charge in [-0.25, -0.2) is 15.0 Å². The number of aromatic nitrogens is 4. The van der Waals surface area contributed by atoms with Crippen molar-refractivity contribution in [2.75, 3.05) is 6.61 Å². The van der Waals surface area contributed by atoms with Crippen LogP contribution in [0.15, 0.2) is 36.8 Å². The van der Waals surface area contributed by atoms with Crippen LogP contribution in [0.25, 0.3) is 22.6 Å². The zero-order valence-corrected chi connectivity index (χ0v) is 9.92. The van der Waals surface area contributed by atoms with E-state index in [0.717, 1.165) is 22.7 Å². The van der Waals surface area contributed by atoms with Gasteiger partial charge >= 0.3 is 0 Å². The van der Waals surface area contributed by atoms with Gasteiger partial charge in [-0.05, 0) is 31.2 Å². The van der Waals surface area contributed by atoms with Gasteiger partial charge in [-0.1, -0.05) is 0 Å². The molecule has 0 bridgehead atoms. The average Bonchev–Trinajstić information content (AvgIpc) is 2.84. The Morgan fingerprint density at radius 3 is 2.78 bits per heavy atom. The summed E-state index contributed by atoms with van der Waals surface area (Å²) in [7, 11) is 0. The van der Waals surface area contributed by atoms with Crippen molar-refractivity contribution in [1.29, 1.82) is 0 Å². The highest BCUT2D eigenvalue weighted by atomic mass is 16.5. The van der Waals surface area contributed by atoms with Crippen LogP contribution in [0.4, 0.5) is 0 Å². The van der Waals surface area contributed by atoms with Crippen LogP contribution in [-0.4, -0.2) is 26.5 Å². The molecule has 0 saturated carbocycles. The van der Waals surface area contributed by atoms with Gasteiger partial charge in [-0.3, -0.25) is 0 Å². The van der Waals surface area contributed by atoms with Gasteiger partial charge in [0.05, 0.1) is 12.8 Å². The molecule has 0 saturated heterocycles. The molecule has 0 atom stereocenters. The summed E-state index contributed by atoms with van der Waals surface area (Å²) in [4.78, 5) is 15.6. The van der Waals surface area contributed by atoms with Crippen molar-refractivity contribution in [3.05, 3.63) is 36.8 Å². The molecule has 5 heteroatoms. The number of hydrogen-bond acceptors (Lipinski definition) is 4. The second-order valence-electron chi connectivity index (χ2n) is 3.80. The minimum absolute atomic E-state index is 0.666. The molecular formula is C13H12N4O. The molecule has 90 valence electrons. The number of hydrogen-bond donors (Lipinski definition) is 1. The minimum atomic E-state index is 0.666. The third kappa shape index (κ3) is 1.90. The van der Waals surface area contributed by atoms with Crippen LogP contribution >= 0.6 is 0 Å². The molecular weight excluding hydrogens is 228 g/mol. The van der Waals surface area contributed by atoms with Crippen LogP contribution in [0.5, 0.6) is 5.75 Å². The van der Waals surface area contributed by atoms with Crippen molar-refractivity contribution in [2.24, 2.45) is 0 Å². The topological polar surface area (TPSA) is 63.7 Å². The van der Waals surface area contributed by atoms with Crippen LogP contribution in [0.3, 0.4) is 0 Å². The lowest BCUT2D eigenvalue weighted by Gasteiger charge is -2.02. The van der Waals surface area contributed by atoms with Crippen molar-refractivity contribution >= 4 is 11.2 Å². The van der Waals surface area contributed by atoms with Gasteiger partial charge < -0.3 is 9.72 Å². The van der Waals surface area contributed by atoms with Crippen molar-refractivity contribution in [3.63, 3.8) is 0 Å². The highest BCUT2D eigenvalue weighted by molar-refractivity contribution is 5.74. The molecule has 0 unspecified atom stereocenters. The molecule has 0 amide bonds. The van der Waals surface area contributed by atoms with Crippen LogP contribution in [0.1, 0.15) is 6.92 Å². The first-order valence-electron chi connectivity index (χ1n) is 5.76. The van der Waals surface area contributed by atoms with Crippen molar-refractivity contribution in [2.45, 2.75) is 6.92 Å². The third-order valence-electron chi connectivity index (χ3n) is 2.60. The highest BCUT2D eigenvalue weighted by Crippen LogP contribution is 2.21. The zero-order valence-electron chi connectivity index (χ0n) is 9.92. The molecule has 1 N–H and O–H groups in total. The number of benzene rings is 1. The molecule has 0 radical (unpaired) electrons. The molecule has 2 aromatic heterocycles. The molecule has 1 aromatic carbocycles. The fourth-order valence-corrected chi connectivity index (χ4v) is 1.77. The molecule has 18 heavy (non-hydrogen) atoms. The number of nitrogens with zero attached hydrogens (tertiary/aromatic N) is 3. The fourth-order valence-electron chi connectivity index (χ4n) is 1.77. The Kier molecular flexibility index (Phi) is 2.64. The van der Waals surface area contributed by atoms with Crippen molar-refractivity contribution in [3.8, 4) is 17.1 Å². The lowest BCUT2D eigenvalue weighted by Crippen LogP contribution is -1.90. The second-order valence-corrected chi connectivity index (χ2v) is 3.80. The molecule has 0 aliphatic rings. The Balaban J connectivity index is 1.98. The van der Waals surface area contributed by atoms with E-state index in [4.69, 9.17) is 4.74 Å². The fraction of sp³-hybridized carbons (Fsp3) is 0.154. The van der Waals surface area contributed by atoms with Gasteiger partial charge in [-0.2, -0.15) is 0 Å². The maximum absolute atomic E-state index is 5.40. The average molecular weight is 240 g/mol. The summed E-state index contributed by atoms with van der Waals surface area (Å²) in [5.41, 5.74) is 2.51. The largest absolute Gasteiger partial charge is 0.494 e. The van der Waals surface area contributed by atoms with Gasteiger partial charge in [0.25, 0.3) is 0 Å². The number of fused-ring (bicyclic) bond motifs is 1. The Labute approximate surface area is 104 Å². The van der Waals surface area contributed by atoms with Gasteiger partial charge in [0, 0.05) is 5.56 Å². The summed E-state index contributed by atoms with van der Waals surface area (Å²) in [5, 5.41) is 0. The molecule has 3 rings (SSSR count). The quantitative estimate of drug-likeness (QED) is 0.763. The summed E-state index contributed by atoms with van der Waals surface area (Å²) in [6.07, 6.45) is 3.21. The van der Waals surface area contributed by atoms with E-state index in [2.05, 4.69) is 19.9 Å². The number of rotatable bonds is 3. The van der Waals surface area contributed by atoms with Gasteiger partial charge in [-0.15, -0.1) is 0 Å². The molecule has 5 nitrogen and oxygen atoms in total. The minimum Gasteiger partial charge on any atom is -0.494 e. The molecule has 3 aromatic rings. The summed E-state index contributed by atoms with van der Waals surface area (Å²) >= 11 is 0. The van der Waals surface area contributed by atoms with Crippen molar-refractivity contribution in [1.82, 2.24) is 19.9 Å². The second kappa shape index (κ2) is 4.44. The summed E-state index contributed by atoms with van der Waals surface area (Å²) in [6, 6.07) is 7.79. The van der Waals surface area contributed by atoms with Crippen LogP contribution in [0, 0.1) is 0 Å². The van der Waals surface area contributed by atoms with Crippen LogP contribution < -0.4 is 4.74 Å². The maximum atomic E-state index is 5.40. The monoisotopic (exact) mass is 240 g/mol. The summed E-state index contributed by atoms with van der Waals surface area (Å²) in [6.45, 7) is 2.63. The number of aromatic amines is 1. The first-order chi connectivity index (χ1) is 8.86. The summed E-state index contributed by atoms with van der Waals surface area (Å²) in [5.74, 6) is 1.64. The SMILES string of the molecule is CCOc1ccc(-c2nc3ncncc3[nH]2)cc1. The Bertz CT molecular complexity index is 627. The Hall–Kier alpha value is -2.43. The van der Waals surface area contributed by atoms with E-state index in [-0.39, 0.29) is 0 Å². The van der Waals surface area contributed by atoms with E-state index < -0.39 is 0 Å². The van der Waals surface area contributed by atoms with E-state index in [0.29, 0.717) is 12.3 Å². The number of H-pyrrole nitrogens is 1.